The third-order valence-corrected chi connectivity index (χ3v) is 5.56. The molecule has 1 aliphatic carbocycles. The summed E-state index contributed by atoms with van der Waals surface area (Å²) in [5.41, 5.74) is 2.11. The molecule has 1 amide bonds. The van der Waals surface area contributed by atoms with Crippen LogP contribution in [0.25, 0.3) is 0 Å². The number of hydrogen-bond donors (Lipinski definition) is 1. The van der Waals surface area contributed by atoms with E-state index in [1.807, 2.05) is 42.1 Å². The molecule has 0 spiro atoms. The Balaban J connectivity index is 1.93. The molecule has 5 nitrogen and oxygen atoms in total. The number of para-hydroxylation sites is 1. The minimum atomic E-state index is -0.364. The summed E-state index contributed by atoms with van der Waals surface area (Å²) < 4.78 is 7.47. The van der Waals surface area contributed by atoms with Gasteiger partial charge >= 0.3 is 0 Å². The Labute approximate surface area is 161 Å². The first kappa shape index (κ1) is 19.2. The largest absolute Gasteiger partial charge is 0.496 e. The molecule has 3 rings (SSSR count). The van der Waals surface area contributed by atoms with Crippen LogP contribution in [0.2, 0.25) is 0 Å². The van der Waals surface area contributed by atoms with Gasteiger partial charge in [-0.05, 0) is 31.2 Å². The molecule has 1 saturated carbocycles. The van der Waals surface area contributed by atoms with E-state index in [1.165, 1.54) is 5.57 Å². The predicted molar refractivity (Wildman–Crippen MR) is 106 cm³/mol. The van der Waals surface area contributed by atoms with Crippen LogP contribution < -0.4 is 10.1 Å². The zero-order chi connectivity index (χ0) is 19.8. The predicted octanol–water partition coefficient (Wildman–Crippen LogP) is 3.87. The fourth-order valence-electron chi connectivity index (χ4n) is 3.92. The molecule has 1 fully saturated rings. The number of ether oxygens (including phenoxy) is 1. The highest BCUT2D eigenvalue weighted by atomic mass is 16.5. The highest BCUT2D eigenvalue weighted by molar-refractivity contribution is 5.84. The highest BCUT2D eigenvalue weighted by Gasteiger charge is 2.60. The van der Waals surface area contributed by atoms with E-state index in [1.54, 1.807) is 13.3 Å². The number of aromatic nitrogens is 2. The fourth-order valence-corrected chi connectivity index (χ4v) is 3.92. The molecule has 27 heavy (non-hydrogen) atoms. The molecule has 0 bridgehead atoms. The van der Waals surface area contributed by atoms with Crippen LogP contribution in [0.15, 0.2) is 48.3 Å². The number of allylic oxidation sites excluding steroid dienone is 2. The minimum absolute atomic E-state index is 0.0334. The van der Waals surface area contributed by atoms with Gasteiger partial charge in [-0.15, -0.1) is 0 Å². The van der Waals surface area contributed by atoms with E-state index in [0.29, 0.717) is 0 Å². The number of methoxy groups -OCH3 is 1. The first-order valence-electron chi connectivity index (χ1n) is 9.33. The summed E-state index contributed by atoms with van der Waals surface area (Å²) in [7, 11) is 3.58. The fraction of sp³-hybridized carbons (Fsp3) is 0.455. The number of aryl methyl sites for hydroxylation is 1. The Morgan fingerprint density at radius 2 is 2.04 bits per heavy atom. The van der Waals surface area contributed by atoms with Crippen LogP contribution in [0.4, 0.5) is 0 Å². The van der Waals surface area contributed by atoms with Gasteiger partial charge in [0, 0.05) is 25.0 Å². The maximum atomic E-state index is 13.2. The van der Waals surface area contributed by atoms with Crippen molar-refractivity contribution in [3.05, 3.63) is 59.7 Å². The molecule has 3 unspecified atom stereocenters. The average molecular weight is 367 g/mol. The summed E-state index contributed by atoms with van der Waals surface area (Å²) in [5.74, 6) is 1.81. The van der Waals surface area contributed by atoms with Crippen molar-refractivity contribution in [3.8, 4) is 5.75 Å². The van der Waals surface area contributed by atoms with Crippen molar-refractivity contribution in [1.82, 2.24) is 14.9 Å². The molecule has 1 aliphatic rings. The van der Waals surface area contributed by atoms with E-state index >= 15 is 0 Å². The number of nitrogens with zero attached hydrogens (tertiary/aromatic N) is 2. The summed E-state index contributed by atoms with van der Waals surface area (Å²) in [6, 6.07) is 7.40. The van der Waals surface area contributed by atoms with Crippen LogP contribution in [-0.2, 0) is 11.8 Å². The first-order chi connectivity index (χ1) is 12.8. The Kier molecular flexibility index (Phi) is 5.13. The SMILES string of the molecule is COc1ccccc1C(NC(=O)C1C(C=C(C)C)C1(C)C)c1nccn1C. The summed E-state index contributed by atoms with van der Waals surface area (Å²) >= 11 is 0. The zero-order valence-corrected chi connectivity index (χ0v) is 17.0. The van der Waals surface area contributed by atoms with Crippen molar-refractivity contribution in [2.45, 2.75) is 33.7 Å². The van der Waals surface area contributed by atoms with Gasteiger partial charge in [0.15, 0.2) is 0 Å². The maximum absolute atomic E-state index is 13.2. The molecule has 1 aromatic carbocycles. The number of carbonyl (C=O) groups is 1. The van der Waals surface area contributed by atoms with Crippen molar-refractivity contribution in [3.63, 3.8) is 0 Å². The lowest BCUT2D eigenvalue weighted by molar-refractivity contribution is -0.123. The Bertz CT molecular complexity index is 862. The summed E-state index contributed by atoms with van der Waals surface area (Å²) in [6.45, 7) is 8.46. The second-order valence-electron chi connectivity index (χ2n) is 8.15. The van der Waals surface area contributed by atoms with Gasteiger partial charge in [0.05, 0.1) is 13.0 Å². The minimum Gasteiger partial charge on any atom is -0.496 e. The van der Waals surface area contributed by atoms with Crippen LogP contribution >= 0.6 is 0 Å². The van der Waals surface area contributed by atoms with Gasteiger partial charge in [0.1, 0.15) is 17.6 Å². The number of carbonyl (C=O) groups excluding carboxylic acids is 1. The molecule has 1 heterocycles. The second kappa shape index (κ2) is 7.22. The summed E-state index contributed by atoms with van der Waals surface area (Å²) in [4.78, 5) is 17.7. The molecule has 1 N–H and O–H groups in total. The van der Waals surface area contributed by atoms with Gasteiger partial charge in [-0.1, -0.05) is 43.7 Å². The van der Waals surface area contributed by atoms with Crippen LogP contribution in [0.1, 0.15) is 45.1 Å². The molecule has 0 aliphatic heterocycles. The normalized spacial score (nSPS) is 21.3. The number of imidazole rings is 1. The van der Waals surface area contributed by atoms with Crippen LogP contribution in [-0.4, -0.2) is 22.6 Å². The average Bonchev–Trinajstić information content (AvgIpc) is 2.92. The monoisotopic (exact) mass is 367 g/mol. The molecular weight excluding hydrogens is 338 g/mol. The Hall–Kier alpha value is -2.56. The molecule has 144 valence electrons. The van der Waals surface area contributed by atoms with Gasteiger partial charge < -0.3 is 14.6 Å². The zero-order valence-electron chi connectivity index (χ0n) is 17.0. The topological polar surface area (TPSA) is 56.1 Å². The van der Waals surface area contributed by atoms with Crippen molar-refractivity contribution in [2.75, 3.05) is 7.11 Å². The maximum Gasteiger partial charge on any atom is 0.225 e. The van der Waals surface area contributed by atoms with Gasteiger partial charge in [-0.25, -0.2) is 4.98 Å². The molecule has 0 saturated heterocycles. The van der Waals surface area contributed by atoms with Crippen molar-refractivity contribution in [2.24, 2.45) is 24.3 Å². The molecule has 1 aromatic heterocycles. The lowest BCUT2D eigenvalue weighted by Crippen LogP contribution is -2.33. The molecule has 2 aromatic rings. The van der Waals surface area contributed by atoms with E-state index in [0.717, 1.165) is 17.1 Å². The molecule has 0 radical (unpaired) electrons. The van der Waals surface area contributed by atoms with Crippen LogP contribution in [0.3, 0.4) is 0 Å². The number of nitrogens with one attached hydrogen (secondary N) is 1. The standard InChI is InChI=1S/C22H29N3O2/c1-14(2)13-16-18(22(16,3)4)21(26)24-19(20-23-11-12-25(20)5)15-9-7-8-10-17(15)27-6/h7-13,16,18-19H,1-6H3,(H,24,26). The van der Waals surface area contributed by atoms with E-state index < -0.39 is 0 Å². The second-order valence-corrected chi connectivity index (χ2v) is 8.15. The van der Waals surface area contributed by atoms with Crippen molar-refractivity contribution >= 4 is 5.91 Å². The van der Waals surface area contributed by atoms with Crippen LogP contribution in [0, 0.1) is 17.3 Å². The van der Waals surface area contributed by atoms with Gasteiger partial charge in [0.2, 0.25) is 5.91 Å². The Morgan fingerprint density at radius 3 is 2.63 bits per heavy atom. The number of amides is 1. The lowest BCUT2D eigenvalue weighted by atomic mass is 10.0. The highest BCUT2D eigenvalue weighted by Crippen LogP contribution is 2.59. The Morgan fingerprint density at radius 1 is 1.33 bits per heavy atom. The summed E-state index contributed by atoms with van der Waals surface area (Å²) in [5, 5.41) is 3.24. The van der Waals surface area contributed by atoms with E-state index in [2.05, 4.69) is 44.1 Å². The number of benzene rings is 1. The van der Waals surface area contributed by atoms with Gasteiger partial charge in [-0.3, -0.25) is 4.79 Å². The molecule has 5 heteroatoms. The summed E-state index contributed by atoms with van der Waals surface area (Å²) in [6.07, 6.45) is 5.84. The number of hydrogen-bond acceptors (Lipinski definition) is 3. The van der Waals surface area contributed by atoms with E-state index in [9.17, 15) is 4.79 Å². The third kappa shape index (κ3) is 3.64. The first-order valence-corrected chi connectivity index (χ1v) is 9.33. The third-order valence-electron chi connectivity index (χ3n) is 5.56. The van der Waals surface area contributed by atoms with Crippen molar-refractivity contribution in [1.29, 1.82) is 0 Å². The van der Waals surface area contributed by atoms with Crippen LogP contribution in [0.5, 0.6) is 5.75 Å². The lowest BCUT2D eigenvalue weighted by Gasteiger charge is -2.21. The van der Waals surface area contributed by atoms with E-state index in [-0.39, 0.29) is 29.2 Å². The smallest absolute Gasteiger partial charge is 0.225 e. The quantitative estimate of drug-likeness (QED) is 0.789. The number of rotatable bonds is 6. The van der Waals surface area contributed by atoms with Gasteiger partial charge in [-0.2, -0.15) is 0 Å². The van der Waals surface area contributed by atoms with E-state index in [4.69, 9.17) is 4.74 Å². The van der Waals surface area contributed by atoms with Crippen molar-refractivity contribution < 1.29 is 9.53 Å². The molecular formula is C22H29N3O2. The molecule has 3 atom stereocenters. The van der Waals surface area contributed by atoms with Gasteiger partial charge in [0.25, 0.3) is 0 Å².